The van der Waals surface area contributed by atoms with Gasteiger partial charge in [-0.1, -0.05) is 50.2 Å². The zero-order valence-corrected chi connectivity index (χ0v) is 23.8. The highest BCUT2D eigenvalue weighted by atomic mass is 16.5. The molecule has 2 N–H and O–H groups in total. The van der Waals surface area contributed by atoms with Gasteiger partial charge in [-0.3, -0.25) is 4.79 Å². The Bertz CT molecular complexity index is 1530. The van der Waals surface area contributed by atoms with Crippen LogP contribution in [0.15, 0.2) is 60.7 Å². The molecule has 0 aliphatic rings. The molecule has 6 nitrogen and oxygen atoms in total. The second-order valence-electron chi connectivity index (χ2n) is 10.7. The number of benzene rings is 3. The fourth-order valence-electron chi connectivity index (χ4n) is 4.84. The van der Waals surface area contributed by atoms with Crippen LogP contribution in [0.25, 0.3) is 10.9 Å². The summed E-state index contributed by atoms with van der Waals surface area (Å²) in [7, 11) is 0. The normalized spacial score (nSPS) is 12.9. The Labute approximate surface area is 230 Å². The first-order valence-electron chi connectivity index (χ1n) is 13.5. The molecule has 4 aromatic rings. The Hall–Kier alpha value is -4.06. The van der Waals surface area contributed by atoms with Crippen LogP contribution in [0.3, 0.4) is 0 Å². The largest absolute Gasteiger partial charge is 0.479 e. The summed E-state index contributed by atoms with van der Waals surface area (Å²) in [5, 5.41) is 13.4. The summed E-state index contributed by atoms with van der Waals surface area (Å²) >= 11 is 0. The van der Waals surface area contributed by atoms with Crippen molar-refractivity contribution in [1.82, 2.24) is 9.88 Å². The maximum absolute atomic E-state index is 13.2. The van der Waals surface area contributed by atoms with Gasteiger partial charge in [-0.15, -0.1) is 0 Å². The third kappa shape index (κ3) is 6.00. The number of fused-ring (bicyclic) bond motifs is 1. The Morgan fingerprint density at radius 1 is 0.923 bits per heavy atom. The third-order valence-corrected chi connectivity index (χ3v) is 7.57. The number of hydrogen-bond donors (Lipinski definition) is 2. The van der Waals surface area contributed by atoms with E-state index in [-0.39, 0.29) is 11.9 Å². The number of carbonyl (C=O) groups is 2. The molecule has 0 spiro atoms. The number of amides is 1. The average Bonchev–Trinajstić information content (AvgIpc) is 3.14. The first kappa shape index (κ1) is 28.0. The number of nitrogens with one attached hydrogen (secondary N) is 1. The molecule has 1 aromatic heterocycles. The highest BCUT2D eigenvalue weighted by molar-refractivity contribution is 5.99. The van der Waals surface area contributed by atoms with Gasteiger partial charge >= 0.3 is 5.97 Å². The highest BCUT2D eigenvalue weighted by Crippen LogP contribution is 2.29. The quantitative estimate of drug-likeness (QED) is 0.244. The maximum atomic E-state index is 13.2. The van der Waals surface area contributed by atoms with E-state index < -0.39 is 12.1 Å². The highest BCUT2D eigenvalue weighted by Gasteiger charge is 2.18. The van der Waals surface area contributed by atoms with Crippen molar-refractivity contribution in [3.63, 3.8) is 0 Å². The molecule has 1 amide bonds. The molecule has 0 radical (unpaired) electrons. The van der Waals surface area contributed by atoms with Crippen molar-refractivity contribution in [2.24, 2.45) is 0 Å². The minimum absolute atomic E-state index is 0.1000. The first-order valence-corrected chi connectivity index (χ1v) is 13.5. The van der Waals surface area contributed by atoms with Gasteiger partial charge in [0.1, 0.15) is 5.75 Å². The molecule has 3 aromatic carbocycles. The number of ether oxygens (including phenoxy) is 1. The molecule has 204 valence electrons. The average molecular weight is 527 g/mol. The summed E-state index contributed by atoms with van der Waals surface area (Å²) in [6, 6.07) is 20.0. The number of aliphatic carboxylic acids is 1. The van der Waals surface area contributed by atoms with Crippen molar-refractivity contribution in [3.8, 4) is 5.75 Å². The van der Waals surface area contributed by atoms with Crippen LogP contribution >= 0.6 is 0 Å². The minimum Gasteiger partial charge on any atom is -0.479 e. The topological polar surface area (TPSA) is 80.6 Å². The van der Waals surface area contributed by atoms with Crippen molar-refractivity contribution in [2.45, 2.75) is 73.1 Å². The minimum atomic E-state index is -0.999. The number of rotatable bonds is 9. The monoisotopic (exact) mass is 526 g/mol. The zero-order chi connectivity index (χ0) is 28.4. The van der Waals surface area contributed by atoms with Gasteiger partial charge < -0.3 is 19.7 Å². The first-order chi connectivity index (χ1) is 18.5. The van der Waals surface area contributed by atoms with Crippen molar-refractivity contribution < 1.29 is 19.4 Å². The lowest BCUT2D eigenvalue weighted by molar-refractivity contribution is -0.144. The second kappa shape index (κ2) is 11.4. The number of carboxylic acids is 1. The maximum Gasteiger partial charge on any atom is 0.344 e. The second-order valence-corrected chi connectivity index (χ2v) is 10.7. The summed E-state index contributed by atoms with van der Waals surface area (Å²) in [5.41, 5.74) is 8.15. The van der Waals surface area contributed by atoms with Crippen LogP contribution in [-0.2, 0) is 11.3 Å². The zero-order valence-electron chi connectivity index (χ0n) is 23.8. The summed E-state index contributed by atoms with van der Waals surface area (Å²) in [6.07, 6.45) is -0.929. The molecule has 1 unspecified atom stereocenters. The van der Waals surface area contributed by atoms with E-state index >= 15 is 0 Å². The number of aryl methyl sites for hydroxylation is 2. The molecular weight excluding hydrogens is 488 g/mol. The third-order valence-electron chi connectivity index (χ3n) is 7.57. The molecule has 0 saturated heterocycles. The molecule has 1 heterocycles. The van der Waals surface area contributed by atoms with Gasteiger partial charge in [-0.2, -0.15) is 0 Å². The lowest BCUT2D eigenvalue weighted by atomic mass is 9.98. The Morgan fingerprint density at radius 3 is 2.33 bits per heavy atom. The summed E-state index contributed by atoms with van der Waals surface area (Å²) in [6.45, 7) is 14.5. The lowest BCUT2D eigenvalue weighted by Crippen LogP contribution is -2.26. The fraction of sp³-hybridized carbons (Fsp3) is 0.333. The molecule has 2 atom stereocenters. The van der Waals surface area contributed by atoms with E-state index in [0.29, 0.717) is 23.8 Å². The number of carbonyl (C=O) groups excluding carboxylic acids is 1. The fourth-order valence-corrected chi connectivity index (χ4v) is 4.84. The number of aromatic nitrogens is 1. The Morgan fingerprint density at radius 2 is 1.64 bits per heavy atom. The Kier molecular flexibility index (Phi) is 8.14. The number of hydrogen-bond acceptors (Lipinski definition) is 3. The number of carboxylic acid groups (broad SMARTS) is 1. The van der Waals surface area contributed by atoms with E-state index in [0.717, 1.165) is 38.9 Å². The van der Waals surface area contributed by atoms with Crippen LogP contribution in [0.2, 0.25) is 0 Å². The van der Waals surface area contributed by atoms with Gasteiger partial charge in [0.2, 0.25) is 0 Å². The molecule has 6 heteroatoms. The van der Waals surface area contributed by atoms with Crippen molar-refractivity contribution in [1.29, 1.82) is 0 Å². The summed E-state index contributed by atoms with van der Waals surface area (Å²) in [5.74, 6) is -0.101. The summed E-state index contributed by atoms with van der Waals surface area (Å²) < 4.78 is 7.90. The number of nitrogens with zero attached hydrogens (tertiary/aromatic N) is 1. The van der Waals surface area contributed by atoms with Crippen LogP contribution in [0.1, 0.15) is 83.5 Å². The van der Waals surface area contributed by atoms with Crippen molar-refractivity contribution in [3.05, 3.63) is 99.7 Å². The van der Waals surface area contributed by atoms with E-state index in [1.165, 1.54) is 12.5 Å². The van der Waals surface area contributed by atoms with Gasteiger partial charge in [0.25, 0.3) is 5.91 Å². The predicted octanol–water partition coefficient (Wildman–Crippen LogP) is 7.08. The molecule has 0 aliphatic carbocycles. The van der Waals surface area contributed by atoms with Gasteiger partial charge in [0.15, 0.2) is 6.10 Å². The smallest absolute Gasteiger partial charge is 0.344 e. The van der Waals surface area contributed by atoms with E-state index in [9.17, 15) is 14.7 Å². The predicted molar refractivity (Wildman–Crippen MR) is 156 cm³/mol. The standard InChI is InChI=1S/C33H38N2O4/c1-19(2)26-9-8-10-27(16-26)22(5)34-32(36)28-13-14-30-29(17-28)21(4)23(6)35(30)18-25-12-11-20(3)31(15-25)39-24(7)33(37)38/h8-17,19,22,24H,18H2,1-7H3,(H,34,36)(H,37,38)/t22-,24?/m0/s1. The molecule has 0 aliphatic heterocycles. The van der Waals surface area contributed by atoms with Gasteiger partial charge in [0, 0.05) is 28.7 Å². The molecule has 0 saturated carbocycles. The van der Waals surface area contributed by atoms with E-state index in [1.807, 2.05) is 56.3 Å². The Balaban J connectivity index is 1.58. The van der Waals surface area contributed by atoms with Gasteiger partial charge in [0.05, 0.1) is 6.04 Å². The summed E-state index contributed by atoms with van der Waals surface area (Å²) in [4.78, 5) is 24.5. The molecule has 39 heavy (non-hydrogen) atoms. The van der Waals surface area contributed by atoms with Gasteiger partial charge in [-0.25, -0.2) is 4.79 Å². The van der Waals surface area contributed by atoms with Crippen LogP contribution in [0.4, 0.5) is 0 Å². The van der Waals surface area contributed by atoms with Crippen LogP contribution in [0, 0.1) is 20.8 Å². The van der Waals surface area contributed by atoms with Crippen molar-refractivity contribution >= 4 is 22.8 Å². The molecule has 0 bridgehead atoms. The van der Waals surface area contributed by atoms with Crippen LogP contribution in [-0.4, -0.2) is 27.7 Å². The SMILES string of the molecule is Cc1ccc(Cn2c(C)c(C)c3cc(C(=O)N[C@@H](C)c4cccc(C(C)C)c4)ccc32)cc1OC(C)C(=O)O. The molecule has 4 rings (SSSR count). The van der Waals surface area contributed by atoms with E-state index in [1.54, 1.807) is 0 Å². The molecule has 0 fully saturated rings. The van der Waals surface area contributed by atoms with Crippen LogP contribution in [0.5, 0.6) is 5.75 Å². The molecular formula is C33H38N2O4. The van der Waals surface area contributed by atoms with Crippen LogP contribution < -0.4 is 10.1 Å². The van der Waals surface area contributed by atoms with E-state index in [2.05, 4.69) is 55.8 Å². The van der Waals surface area contributed by atoms with E-state index in [4.69, 9.17) is 4.74 Å². The van der Waals surface area contributed by atoms with Gasteiger partial charge in [-0.05, 0) is 92.6 Å². The lowest BCUT2D eigenvalue weighted by Gasteiger charge is -2.17. The van der Waals surface area contributed by atoms with Crippen molar-refractivity contribution in [2.75, 3.05) is 0 Å².